The lowest BCUT2D eigenvalue weighted by molar-refractivity contribution is -0.140. The second-order valence-corrected chi connectivity index (χ2v) is 3.84. The van der Waals surface area contributed by atoms with E-state index in [0.29, 0.717) is 0 Å². The van der Waals surface area contributed by atoms with Gasteiger partial charge in [-0.25, -0.2) is 4.79 Å². The van der Waals surface area contributed by atoms with Crippen LogP contribution in [0.4, 0.5) is 0 Å². The van der Waals surface area contributed by atoms with Gasteiger partial charge in [-0.05, 0) is 0 Å². The number of hydrogen-bond donors (Lipinski definition) is 4. The van der Waals surface area contributed by atoms with Gasteiger partial charge in [-0.3, -0.25) is 9.35 Å². The van der Waals surface area contributed by atoms with Crippen molar-refractivity contribution in [2.24, 2.45) is 0 Å². The zero-order valence-corrected chi connectivity index (χ0v) is 8.24. The molecule has 0 fully saturated rings. The topological polar surface area (TPSA) is 156 Å². The van der Waals surface area contributed by atoms with Crippen molar-refractivity contribution in [2.45, 2.75) is 13.0 Å². The molecule has 0 aliphatic heterocycles. The molecule has 0 aromatic heterocycles. The number of carboxylic acids is 1. The second kappa shape index (κ2) is 5.52. The minimum absolute atomic E-state index is 0. The van der Waals surface area contributed by atoms with E-state index in [2.05, 4.69) is 0 Å². The highest BCUT2D eigenvalue weighted by Gasteiger charge is 2.24. The second-order valence-electron chi connectivity index (χ2n) is 2.34. The molecular formula is C5H12N2O6S. The quantitative estimate of drug-likeness (QED) is 0.432. The predicted molar refractivity (Wildman–Crippen MR) is 46.7 cm³/mol. The van der Waals surface area contributed by atoms with Crippen molar-refractivity contribution in [2.75, 3.05) is 5.75 Å². The summed E-state index contributed by atoms with van der Waals surface area (Å²) >= 11 is 0. The van der Waals surface area contributed by atoms with Crippen molar-refractivity contribution in [3.63, 3.8) is 0 Å². The number of rotatable bonds is 4. The molecule has 0 aromatic rings. The van der Waals surface area contributed by atoms with Crippen LogP contribution in [0.25, 0.3) is 0 Å². The molecule has 0 spiro atoms. The van der Waals surface area contributed by atoms with Gasteiger partial charge in [0.15, 0.2) is 0 Å². The Balaban J connectivity index is 0. The standard InChI is InChI=1S/C5H9NO6S.H3N/c1-3(7)6-4(5(8)9)2-13(10,11)12;/h4H,2H2,1H3,(H,6,7)(H,8,9)(H,10,11,12);1H3/t4-;/m1./s1. The first-order chi connectivity index (χ1) is 5.72. The lowest BCUT2D eigenvalue weighted by Gasteiger charge is -2.10. The maximum atomic E-state index is 10.4. The molecule has 0 saturated carbocycles. The van der Waals surface area contributed by atoms with Gasteiger partial charge < -0.3 is 16.6 Å². The van der Waals surface area contributed by atoms with Crippen LogP contribution in [-0.2, 0) is 19.7 Å². The summed E-state index contributed by atoms with van der Waals surface area (Å²) in [5.74, 6) is -3.24. The van der Waals surface area contributed by atoms with Crippen LogP contribution >= 0.6 is 0 Å². The van der Waals surface area contributed by atoms with Crippen molar-refractivity contribution in [1.82, 2.24) is 11.5 Å². The van der Waals surface area contributed by atoms with E-state index in [9.17, 15) is 18.0 Å². The molecule has 14 heavy (non-hydrogen) atoms. The first-order valence-corrected chi connectivity index (χ1v) is 4.78. The SMILES string of the molecule is CC(=O)N[C@H](CS(=O)(=O)O)C(=O)O.N. The monoisotopic (exact) mass is 228 g/mol. The molecule has 6 N–H and O–H groups in total. The summed E-state index contributed by atoms with van der Waals surface area (Å²) in [4.78, 5) is 20.7. The number of aliphatic carboxylic acids is 1. The van der Waals surface area contributed by atoms with Crippen molar-refractivity contribution in [3.8, 4) is 0 Å². The number of carbonyl (C=O) groups is 2. The van der Waals surface area contributed by atoms with E-state index in [0.717, 1.165) is 6.92 Å². The molecule has 9 heteroatoms. The van der Waals surface area contributed by atoms with Crippen molar-refractivity contribution in [1.29, 1.82) is 0 Å². The molecule has 0 aliphatic rings. The molecule has 1 amide bonds. The van der Waals surface area contributed by atoms with Crippen LogP contribution in [0.2, 0.25) is 0 Å². The zero-order chi connectivity index (χ0) is 10.6. The fraction of sp³-hybridized carbons (Fsp3) is 0.600. The molecule has 0 heterocycles. The maximum Gasteiger partial charge on any atom is 0.327 e. The van der Waals surface area contributed by atoms with Gasteiger partial charge in [0.1, 0.15) is 11.8 Å². The Bertz CT molecular complexity index is 310. The van der Waals surface area contributed by atoms with Gasteiger partial charge in [-0.2, -0.15) is 8.42 Å². The van der Waals surface area contributed by atoms with Crippen LogP contribution in [0.3, 0.4) is 0 Å². The van der Waals surface area contributed by atoms with E-state index in [1.807, 2.05) is 5.32 Å². The Hall–Kier alpha value is -1.19. The van der Waals surface area contributed by atoms with Crippen molar-refractivity contribution in [3.05, 3.63) is 0 Å². The Morgan fingerprint density at radius 2 is 1.86 bits per heavy atom. The van der Waals surface area contributed by atoms with E-state index in [1.54, 1.807) is 0 Å². The van der Waals surface area contributed by atoms with Gasteiger partial charge >= 0.3 is 5.97 Å². The summed E-state index contributed by atoms with van der Waals surface area (Å²) in [6.45, 7) is 1.04. The molecule has 8 nitrogen and oxygen atoms in total. The predicted octanol–water partition coefficient (Wildman–Crippen LogP) is -1.37. The van der Waals surface area contributed by atoms with Crippen LogP contribution in [0.1, 0.15) is 6.92 Å². The molecule has 0 unspecified atom stereocenters. The first-order valence-electron chi connectivity index (χ1n) is 3.17. The van der Waals surface area contributed by atoms with Gasteiger partial charge in [0.25, 0.3) is 10.1 Å². The van der Waals surface area contributed by atoms with E-state index in [1.165, 1.54) is 0 Å². The van der Waals surface area contributed by atoms with Gasteiger partial charge in [0.2, 0.25) is 5.91 Å². The summed E-state index contributed by atoms with van der Waals surface area (Å²) in [5, 5.41) is 10.3. The molecule has 0 aliphatic carbocycles. The van der Waals surface area contributed by atoms with E-state index >= 15 is 0 Å². The highest BCUT2D eigenvalue weighted by molar-refractivity contribution is 7.85. The molecule has 84 valence electrons. The maximum absolute atomic E-state index is 10.4. The number of nitrogens with one attached hydrogen (secondary N) is 1. The first kappa shape index (κ1) is 15.3. The normalized spacial score (nSPS) is 12.4. The third-order valence-corrected chi connectivity index (χ3v) is 1.81. The molecule has 1 atom stereocenters. The highest BCUT2D eigenvalue weighted by atomic mass is 32.2. The molecule has 0 saturated heterocycles. The molecule has 0 aromatic carbocycles. The molecule has 0 rings (SSSR count). The van der Waals surface area contributed by atoms with Crippen LogP contribution in [0, 0.1) is 0 Å². The lowest BCUT2D eigenvalue weighted by atomic mass is 10.3. The Labute approximate surface area is 80.6 Å². The van der Waals surface area contributed by atoms with Crippen LogP contribution in [-0.4, -0.2) is 41.7 Å². The minimum Gasteiger partial charge on any atom is -0.480 e. The summed E-state index contributed by atoms with van der Waals surface area (Å²) < 4.78 is 28.8. The van der Waals surface area contributed by atoms with E-state index in [-0.39, 0.29) is 6.15 Å². The fourth-order valence-corrected chi connectivity index (χ4v) is 1.28. The Morgan fingerprint density at radius 3 is 2.07 bits per heavy atom. The van der Waals surface area contributed by atoms with Crippen molar-refractivity contribution >= 4 is 22.0 Å². The third-order valence-electron chi connectivity index (χ3n) is 1.05. The average Bonchev–Trinajstić information content (AvgIpc) is 1.81. The number of amides is 1. The molecule has 0 radical (unpaired) electrons. The van der Waals surface area contributed by atoms with Crippen molar-refractivity contribution < 1.29 is 27.7 Å². The Morgan fingerprint density at radius 1 is 1.43 bits per heavy atom. The average molecular weight is 228 g/mol. The zero-order valence-electron chi connectivity index (χ0n) is 7.43. The molecule has 0 bridgehead atoms. The van der Waals surface area contributed by atoms with Crippen LogP contribution in [0.5, 0.6) is 0 Å². The summed E-state index contributed by atoms with van der Waals surface area (Å²) in [5.41, 5.74) is 0. The number of carboxylic acid groups (broad SMARTS) is 1. The van der Waals surface area contributed by atoms with Gasteiger partial charge in [-0.15, -0.1) is 0 Å². The van der Waals surface area contributed by atoms with E-state index in [4.69, 9.17) is 9.66 Å². The third kappa shape index (κ3) is 7.46. The van der Waals surface area contributed by atoms with Gasteiger partial charge in [-0.1, -0.05) is 0 Å². The lowest BCUT2D eigenvalue weighted by Crippen LogP contribution is -2.44. The summed E-state index contributed by atoms with van der Waals surface area (Å²) in [7, 11) is -4.41. The summed E-state index contributed by atoms with van der Waals surface area (Å²) in [6, 6.07) is -1.62. The largest absolute Gasteiger partial charge is 0.480 e. The van der Waals surface area contributed by atoms with Gasteiger partial charge in [0.05, 0.1) is 0 Å². The Kier molecular flexibility index (Phi) is 6.03. The van der Waals surface area contributed by atoms with E-state index < -0.39 is 33.8 Å². The minimum atomic E-state index is -4.41. The molecular weight excluding hydrogens is 216 g/mol. The number of hydrogen-bond acceptors (Lipinski definition) is 5. The van der Waals surface area contributed by atoms with Gasteiger partial charge in [0, 0.05) is 6.92 Å². The fourth-order valence-electron chi connectivity index (χ4n) is 0.631. The van der Waals surface area contributed by atoms with Crippen LogP contribution in [0.15, 0.2) is 0 Å². The summed E-state index contributed by atoms with van der Waals surface area (Å²) in [6.07, 6.45) is 0. The van der Waals surface area contributed by atoms with Crippen LogP contribution < -0.4 is 11.5 Å². The number of carbonyl (C=O) groups excluding carboxylic acids is 1. The smallest absolute Gasteiger partial charge is 0.327 e. The highest BCUT2D eigenvalue weighted by Crippen LogP contribution is 1.91.